The third-order valence-electron chi connectivity index (χ3n) is 1.59. The lowest BCUT2D eigenvalue weighted by molar-refractivity contribution is -0.115. The van der Waals surface area contributed by atoms with Crippen LogP contribution in [0, 0.1) is 0 Å². The van der Waals surface area contributed by atoms with Crippen molar-refractivity contribution in [3.8, 4) is 0 Å². The van der Waals surface area contributed by atoms with Crippen LogP contribution in [-0.4, -0.2) is 5.91 Å². The Morgan fingerprint density at radius 1 is 1.43 bits per heavy atom. The van der Waals surface area contributed by atoms with Crippen LogP contribution in [0.5, 0.6) is 0 Å². The monoisotopic (exact) mass is 253 g/mol. The molecule has 1 aromatic rings. The topological polar surface area (TPSA) is 29.1 Å². The van der Waals surface area contributed by atoms with E-state index in [1.165, 1.54) is 0 Å². The molecule has 1 amide bonds. The second kappa shape index (κ2) is 4.96. The lowest BCUT2D eigenvalue weighted by Crippen LogP contribution is -2.11. The van der Waals surface area contributed by atoms with E-state index in [0.29, 0.717) is 6.42 Å². The SMILES string of the molecule is C=C(C)CC(=O)Nc1ccc(Br)cc1. The van der Waals surface area contributed by atoms with Crippen LogP contribution in [0.15, 0.2) is 40.9 Å². The van der Waals surface area contributed by atoms with E-state index in [4.69, 9.17) is 0 Å². The van der Waals surface area contributed by atoms with Crippen molar-refractivity contribution in [1.29, 1.82) is 0 Å². The van der Waals surface area contributed by atoms with Gasteiger partial charge in [-0.15, -0.1) is 0 Å². The number of halogens is 1. The first kappa shape index (κ1) is 11.0. The summed E-state index contributed by atoms with van der Waals surface area (Å²) in [6.45, 7) is 5.52. The van der Waals surface area contributed by atoms with E-state index in [1.807, 2.05) is 31.2 Å². The first-order valence-corrected chi connectivity index (χ1v) is 5.07. The second-order valence-electron chi connectivity index (χ2n) is 3.19. The molecule has 0 unspecified atom stereocenters. The van der Waals surface area contributed by atoms with Crippen LogP contribution in [0.4, 0.5) is 5.69 Å². The number of hydrogen-bond acceptors (Lipinski definition) is 1. The first-order valence-electron chi connectivity index (χ1n) is 4.28. The molecule has 3 heteroatoms. The fourth-order valence-corrected chi connectivity index (χ4v) is 1.28. The number of rotatable bonds is 3. The van der Waals surface area contributed by atoms with Crippen LogP contribution >= 0.6 is 15.9 Å². The van der Waals surface area contributed by atoms with Crippen molar-refractivity contribution in [3.05, 3.63) is 40.9 Å². The number of nitrogens with one attached hydrogen (secondary N) is 1. The molecule has 1 aromatic carbocycles. The molecule has 0 aliphatic carbocycles. The summed E-state index contributed by atoms with van der Waals surface area (Å²) in [6, 6.07) is 7.47. The van der Waals surface area contributed by atoms with E-state index >= 15 is 0 Å². The van der Waals surface area contributed by atoms with Gasteiger partial charge in [0.05, 0.1) is 0 Å². The molecule has 0 heterocycles. The minimum absolute atomic E-state index is 0.0279. The summed E-state index contributed by atoms with van der Waals surface area (Å²) in [5, 5.41) is 2.78. The molecule has 0 saturated heterocycles. The Kier molecular flexibility index (Phi) is 3.89. The molecular weight excluding hydrogens is 242 g/mol. The number of hydrogen-bond donors (Lipinski definition) is 1. The minimum atomic E-state index is -0.0279. The van der Waals surface area contributed by atoms with Crippen molar-refractivity contribution in [1.82, 2.24) is 0 Å². The minimum Gasteiger partial charge on any atom is -0.326 e. The molecule has 1 rings (SSSR count). The van der Waals surface area contributed by atoms with Gasteiger partial charge in [-0.2, -0.15) is 0 Å². The molecule has 0 aliphatic heterocycles. The lowest BCUT2D eigenvalue weighted by Gasteiger charge is -2.04. The van der Waals surface area contributed by atoms with Crippen molar-refractivity contribution < 1.29 is 4.79 Å². The smallest absolute Gasteiger partial charge is 0.228 e. The predicted molar refractivity (Wildman–Crippen MR) is 62.2 cm³/mol. The first-order chi connectivity index (χ1) is 6.58. The fraction of sp³-hybridized carbons (Fsp3) is 0.182. The van der Waals surface area contributed by atoms with E-state index in [0.717, 1.165) is 15.7 Å². The van der Waals surface area contributed by atoms with Gasteiger partial charge in [0.25, 0.3) is 0 Å². The molecule has 0 aromatic heterocycles. The molecule has 0 atom stereocenters. The Morgan fingerprint density at radius 2 is 2.00 bits per heavy atom. The summed E-state index contributed by atoms with van der Waals surface area (Å²) in [4.78, 5) is 11.3. The van der Waals surface area contributed by atoms with E-state index in [1.54, 1.807) is 0 Å². The molecule has 1 N–H and O–H groups in total. The summed E-state index contributed by atoms with van der Waals surface area (Å²) in [6.07, 6.45) is 0.371. The Bertz CT molecular complexity index is 343. The van der Waals surface area contributed by atoms with Gasteiger partial charge >= 0.3 is 0 Å². The Labute approximate surface area is 92.1 Å². The van der Waals surface area contributed by atoms with Crippen molar-refractivity contribution >= 4 is 27.5 Å². The predicted octanol–water partition coefficient (Wildman–Crippen LogP) is 3.35. The number of benzene rings is 1. The van der Waals surface area contributed by atoms with Crippen molar-refractivity contribution in [2.75, 3.05) is 5.32 Å². The van der Waals surface area contributed by atoms with Gasteiger partial charge in [0.1, 0.15) is 0 Å². The molecule has 0 fully saturated rings. The van der Waals surface area contributed by atoms with Crippen LogP contribution in [0.2, 0.25) is 0 Å². The van der Waals surface area contributed by atoms with Crippen LogP contribution in [0.25, 0.3) is 0 Å². The zero-order valence-electron chi connectivity index (χ0n) is 8.01. The van der Waals surface area contributed by atoms with Gasteiger partial charge in [0.15, 0.2) is 0 Å². The number of carbonyl (C=O) groups is 1. The molecular formula is C11H12BrNO. The van der Waals surface area contributed by atoms with Crippen molar-refractivity contribution in [2.24, 2.45) is 0 Å². The summed E-state index contributed by atoms with van der Waals surface area (Å²) >= 11 is 3.33. The highest BCUT2D eigenvalue weighted by molar-refractivity contribution is 9.10. The van der Waals surface area contributed by atoms with Gasteiger partial charge in [0, 0.05) is 16.6 Å². The number of amides is 1. The second-order valence-corrected chi connectivity index (χ2v) is 4.10. The highest BCUT2D eigenvalue weighted by Gasteiger charge is 2.01. The summed E-state index contributed by atoms with van der Waals surface area (Å²) < 4.78 is 0.996. The molecule has 0 aliphatic rings. The zero-order chi connectivity index (χ0) is 10.6. The molecule has 0 bridgehead atoms. The Morgan fingerprint density at radius 3 is 2.50 bits per heavy atom. The normalized spacial score (nSPS) is 9.57. The van der Waals surface area contributed by atoms with E-state index < -0.39 is 0 Å². The Hall–Kier alpha value is -1.09. The molecule has 2 nitrogen and oxygen atoms in total. The van der Waals surface area contributed by atoms with Gasteiger partial charge in [-0.3, -0.25) is 4.79 Å². The van der Waals surface area contributed by atoms with Crippen LogP contribution in [-0.2, 0) is 4.79 Å². The van der Waals surface area contributed by atoms with Gasteiger partial charge in [-0.05, 0) is 31.2 Å². The van der Waals surface area contributed by atoms with Crippen molar-refractivity contribution in [2.45, 2.75) is 13.3 Å². The van der Waals surface area contributed by atoms with Gasteiger partial charge in [0.2, 0.25) is 5.91 Å². The summed E-state index contributed by atoms with van der Waals surface area (Å²) in [5.74, 6) is -0.0279. The highest BCUT2D eigenvalue weighted by Crippen LogP contribution is 2.14. The number of anilines is 1. The highest BCUT2D eigenvalue weighted by atomic mass is 79.9. The maximum Gasteiger partial charge on any atom is 0.228 e. The van der Waals surface area contributed by atoms with Crippen molar-refractivity contribution in [3.63, 3.8) is 0 Å². The quantitative estimate of drug-likeness (QED) is 0.823. The molecule has 14 heavy (non-hydrogen) atoms. The van der Waals surface area contributed by atoms with Crippen LogP contribution in [0.3, 0.4) is 0 Å². The average Bonchev–Trinajstić information content (AvgIpc) is 2.07. The zero-order valence-corrected chi connectivity index (χ0v) is 9.60. The summed E-state index contributed by atoms with van der Waals surface area (Å²) in [5.41, 5.74) is 1.67. The third-order valence-corrected chi connectivity index (χ3v) is 2.12. The maximum atomic E-state index is 11.3. The third kappa shape index (κ3) is 3.75. The largest absolute Gasteiger partial charge is 0.326 e. The molecule has 0 spiro atoms. The van der Waals surface area contributed by atoms with E-state index in [9.17, 15) is 4.79 Å². The van der Waals surface area contributed by atoms with E-state index in [-0.39, 0.29) is 5.91 Å². The number of carbonyl (C=O) groups excluding carboxylic acids is 1. The maximum absolute atomic E-state index is 11.3. The summed E-state index contributed by atoms with van der Waals surface area (Å²) in [7, 11) is 0. The average molecular weight is 254 g/mol. The van der Waals surface area contributed by atoms with Gasteiger partial charge < -0.3 is 5.32 Å². The standard InChI is InChI=1S/C11H12BrNO/c1-8(2)7-11(14)13-10-5-3-9(12)4-6-10/h3-6H,1,7H2,2H3,(H,13,14). The van der Waals surface area contributed by atoms with Gasteiger partial charge in [-0.1, -0.05) is 28.1 Å². The van der Waals surface area contributed by atoms with Gasteiger partial charge in [-0.25, -0.2) is 0 Å². The molecule has 0 saturated carbocycles. The van der Waals surface area contributed by atoms with Crippen LogP contribution in [0.1, 0.15) is 13.3 Å². The van der Waals surface area contributed by atoms with E-state index in [2.05, 4.69) is 27.8 Å². The fourth-order valence-electron chi connectivity index (χ4n) is 1.01. The Balaban J connectivity index is 2.56. The molecule has 74 valence electrons. The van der Waals surface area contributed by atoms with Crippen LogP contribution < -0.4 is 5.32 Å². The molecule has 0 radical (unpaired) electrons. The lowest BCUT2D eigenvalue weighted by atomic mass is 10.2.